The Balaban J connectivity index is 2.28. The van der Waals surface area contributed by atoms with Crippen molar-refractivity contribution in [3.8, 4) is 0 Å². The molecule has 0 aliphatic heterocycles. The van der Waals surface area contributed by atoms with Gasteiger partial charge in [-0.1, -0.05) is 50.8 Å². The fourth-order valence-electron chi connectivity index (χ4n) is 1.68. The van der Waals surface area contributed by atoms with Crippen LogP contribution >= 0.6 is 11.8 Å². The van der Waals surface area contributed by atoms with Gasteiger partial charge in [-0.3, -0.25) is 0 Å². The maximum Gasteiger partial charge on any atom is 0.224 e. The number of anilines is 1. The highest BCUT2D eigenvalue weighted by Gasteiger charge is 2.03. The minimum absolute atomic E-state index is 0.338. The smallest absolute Gasteiger partial charge is 0.224 e. The Morgan fingerprint density at radius 2 is 1.71 bits per heavy atom. The Labute approximate surface area is 108 Å². The Kier molecular flexibility index (Phi) is 6.93. The summed E-state index contributed by atoms with van der Waals surface area (Å²) >= 11 is 1.51. The van der Waals surface area contributed by atoms with E-state index in [1.54, 1.807) is 0 Å². The van der Waals surface area contributed by atoms with E-state index >= 15 is 0 Å². The van der Waals surface area contributed by atoms with E-state index in [9.17, 15) is 0 Å². The number of hydrogen-bond acceptors (Lipinski definition) is 5. The van der Waals surface area contributed by atoms with Crippen molar-refractivity contribution in [1.82, 2.24) is 15.0 Å². The van der Waals surface area contributed by atoms with E-state index in [1.807, 2.05) is 6.26 Å². The molecule has 0 fully saturated rings. The summed E-state index contributed by atoms with van der Waals surface area (Å²) in [4.78, 5) is 12.5. The SMILES string of the molecule is CCCCCCCCc1nc(N)nc(SC)n1. The third-order valence-electron chi connectivity index (χ3n) is 2.62. The molecule has 0 unspecified atom stereocenters. The Morgan fingerprint density at radius 3 is 2.41 bits per heavy atom. The third kappa shape index (κ3) is 5.86. The zero-order valence-electron chi connectivity index (χ0n) is 10.8. The quantitative estimate of drug-likeness (QED) is 0.570. The number of nitrogen functional groups attached to an aromatic ring is 1. The van der Waals surface area contributed by atoms with Gasteiger partial charge in [-0.15, -0.1) is 0 Å². The number of aryl methyl sites for hydroxylation is 1. The van der Waals surface area contributed by atoms with Crippen molar-refractivity contribution in [3.63, 3.8) is 0 Å². The van der Waals surface area contributed by atoms with E-state index in [2.05, 4.69) is 21.9 Å². The predicted molar refractivity (Wildman–Crippen MR) is 73.1 cm³/mol. The number of hydrogen-bond donors (Lipinski definition) is 1. The average molecular weight is 254 g/mol. The molecule has 1 aromatic rings. The summed E-state index contributed by atoms with van der Waals surface area (Å²) in [7, 11) is 0. The summed E-state index contributed by atoms with van der Waals surface area (Å²) < 4.78 is 0. The van der Waals surface area contributed by atoms with Crippen LogP contribution in [0.25, 0.3) is 0 Å². The molecular weight excluding hydrogens is 232 g/mol. The topological polar surface area (TPSA) is 64.7 Å². The molecule has 0 saturated heterocycles. The molecule has 0 aromatic carbocycles. The lowest BCUT2D eigenvalue weighted by Crippen LogP contribution is -2.04. The highest BCUT2D eigenvalue weighted by Crippen LogP contribution is 2.12. The average Bonchev–Trinajstić information content (AvgIpc) is 2.33. The van der Waals surface area contributed by atoms with Crippen LogP contribution in [0.5, 0.6) is 0 Å². The van der Waals surface area contributed by atoms with E-state index in [-0.39, 0.29) is 0 Å². The van der Waals surface area contributed by atoms with Crippen LogP contribution in [-0.2, 0) is 6.42 Å². The summed E-state index contributed by atoms with van der Waals surface area (Å²) in [6.07, 6.45) is 10.5. The summed E-state index contributed by atoms with van der Waals surface area (Å²) in [5, 5.41) is 0.721. The third-order valence-corrected chi connectivity index (χ3v) is 3.16. The number of nitrogens with zero attached hydrogens (tertiary/aromatic N) is 3. The molecule has 0 amide bonds. The zero-order valence-corrected chi connectivity index (χ0v) is 11.6. The molecule has 1 heterocycles. The van der Waals surface area contributed by atoms with Crippen LogP contribution in [0.3, 0.4) is 0 Å². The van der Waals surface area contributed by atoms with Crippen LogP contribution in [0, 0.1) is 0 Å². The van der Waals surface area contributed by atoms with Crippen LogP contribution < -0.4 is 5.73 Å². The highest BCUT2D eigenvalue weighted by molar-refractivity contribution is 7.98. The van der Waals surface area contributed by atoms with Crippen LogP contribution in [0.2, 0.25) is 0 Å². The number of nitrogens with two attached hydrogens (primary N) is 1. The van der Waals surface area contributed by atoms with Crippen molar-refractivity contribution in [2.75, 3.05) is 12.0 Å². The monoisotopic (exact) mass is 254 g/mol. The minimum atomic E-state index is 0.338. The van der Waals surface area contributed by atoms with Gasteiger partial charge in [0, 0.05) is 6.42 Å². The second-order valence-corrected chi connectivity index (χ2v) is 4.89. The van der Waals surface area contributed by atoms with Crippen molar-refractivity contribution >= 4 is 17.7 Å². The molecule has 5 heteroatoms. The van der Waals surface area contributed by atoms with Crippen molar-refractivity contribution < 1.29 is 0 Å². The standard InChI is InChI=1S/C12H22N4S/c1-3-4-5-6-7-8-9-10-14-11(13)16-12(15-10)17-2/h3-9H2,1-2H3,(H2,13,14,15,16). The van der Waals surface area contributed by atoms with E-state index < -0.39 is 0 Å². The van der Waals surface area contributed by atoms with Crippen molar-refractivity contribution in [2.45, 2.75) is 57.0 Å². The first-order valence-corrected chi connectivity index (χ1v) is 7.53. The Bertz CT molecular complexity index is 330. The normalized spacial score (nSPS) is 10.7. The van der Waals surface area contributed by atoms with Crippen LogP contribution in [0.1, 0.15) is 51.3 Å². The summed E-state index contributed by atoms with van der Waals surface area (Å²) in [6.45, 7) is 2.23. The van der Waals surface area contributed by atoms with Gasteiger partial charge in [-0.05, 0) is 12.7 Å². The van der Waals surface area contributed by atoms with Gasteiger partial charge < -0.3 is 5.73 Å². The van der Waals surface area contributed by atoms with E-state index in [1.165, 1.54) is 43.9 Å². The molecule has 0 saturated carbocycles. The fourth-order valence-corrected chi connectivity index (χ4v) is 2.06. The molecule has 1 rings (SSSR count). The summed E-state index contributed by atoms with van der Waals surface area (Å²) in [6, 6.07) is 0. The molecule has 17 heavy (non-hydrogen) atoms. The first-order chi connectivity index (χ1) is 8.26. The van der Waals surface area contributed by atoms with Crippen molar-refractivity contribution in [1.29, 1.82) is 0 Å². The van der Waals surface area contributed by atoms with Crippen LogP contribution in [0.15, 0.2) is 5.16 Å². The molecular formula is C12H22N4S. The molecule has 0 aliphatic carbocycles. The second kappa shape index (κ2) is 8.28. The Morgan fingerprint density at radius 1 is 1.00 bits per heavy atom. The molecule has 0 bridgehead atoms. The van der Waals surface area contributed by atoms with Gasteiger partial charge in [0.05, 0.1) is 0 Å². The van der Waals surface area contributed by atoms with Gasteiger partial charge in [-0.25, -0.2) is 4.98 Å². The van der Waals surface area contributed by atoms with Crippen molar-refractivity contribution in [2.24, 2.45) is 0 Å². The molecule has 1 aromatic heterocycles. The van der Waals surface area contributed by atoms with Gasteiger partial charge in [0.15, 0.2) is 5.16 Å². The Hall–Kier alpha value is -0.840. The van der Waals surface area contributed by atoms with E-state index in [4.69, 9.17) is 5.73 Å². The number of thioether (sulfide) groups is 1. The molecule has 0 atom stereocenters. The molecule has 0 spiro atoms. The lowest BCUT2D eigenvalue weighted by Gasteiger charge is -2.03. The van der Waals surface area contributed by atoms with Gasteiger partial charge in [0.25, 0.3) is 0 Å². The van der Waals surface area contributed by atoms with Crippen molar-refractivity contribution in [3.05, 3.63) is 5.82 Å². The first-order valence-electron chi connectivity index (χ1n) is 6.30. The zero-order chi connectivity index (χ0) is 12.5. The molecule has 4 nitrogen and oxygen atoms in total. The molecule has 0 aliphatic rings. The van der Waals surface area contributed by atoms with Crippen LogP contribution in [0.4, 0.5) is 5.95 Å². The van der Waals surface area contributed by atoms with Crippen LogP contribution in [-0.4, -0.2) is 21.2 Å². The van der Waals surface area contributed by atoms with E-state index in [0.717, 1.165) is 23.8 Å². The lowest BCUT2D eigenvalue weighted by molar-refractivity contribution is 0.598. The maximum atomic E-state index is 5.63. The largest absolute Gasteiger partial charge is 0.368 e. The molecule has 96 valence electrons. The number of aromatic nitrogens is 3. The van der Waals surface area contributed by atoms with Gasteiger partial charge in [0.1, 0.15) is 5.82 Å². The second-order valence-electron chi connectivity index (χ2n) is 4.11. The minimum Gasteiger partial charge on any atom is -0.368 e. The summed E-state index contributed by atoms with van der Waals surface area (Å²) in [5.41, 5.74) is 5.63. The maximum absolute atomic E-state index is 5.63. The number of unbranched alkanes of at least 4 members (excludes halogenated alkanes) is 5. The predicted octanol–water partition coefficient (Wildman–Crippen LogP) is 3.08. The van der Waals surface area contributed by atoms with Gasteiger partial charge in [0.2, 0.25) is 5.95 Å². The summed E-state index contributed by atoms with van der Waals surface area (Å²) in [5.74, 6) is 1.17. The van der Waals surface area contributed by atoms with Gasteiger partial charge in [-0.2, -0.15) is 9.97 Å². The van der Waals surface area contributed by atoms with E-state index in [0.29, 0.717) is 5.95 Å². The number of rotatable bonds is 8. The molecule has 2 N–H and O–H groups in total. The van der Waals surface area contributed by atoms with Gasteiger partial charge >= 0.3 is 0 Å². The fraction of sp³-hybridized carbons (Fsp3) is 0.750. The lowest BCUT2D eigenvalue weighted by atomic mass is 10.1. The molecule has 0 radical (unpaired) electrons. The first kappa shape index (κ1) is 14.2. The highest BCUT2D eigenvalue weighted by atomic mass is 32.2.